The van der Waals surface area contributed by atoms with Crippen LogP contribution in [0.25, 0.3) is 0 Å². The molecule has 0 saturated heterocycles. The van der Waals surface area contributed by atoms with Gasteiger partial charge in [0.05, 0.1) is 0 Å². The van der Waals surface area contributed by atoms with Crippen molar-refractivity contribution in [3.8, 4) is 0 Å². The number of amides is 2. The highest BCUT2D eigenvalue weighted by molar-refractivity contribution is 6.00. The zero-order valence-corrected chi connectivity index (χ0v) is 17.3. The molecule has 0 saturated carbocycles. The van der Waals surface area contributed by atoms with Gasteiger partial charge in [-0.15, -0.1) is 6.58 Å². The van der Waals surface area contributed by atoms with Crippen LogP contribution < -0.4 is 10.6 Å². The predicted octanol–water partition coefficient (Wildman–Crippen LogP) is 5.13. The van der Waals surface area contributed by atoms with Gasteiger partial charge in [0, 0.05) is 13.1 Å². The van der Waals surface area contributed by atoms with Crippen LogP contribution in [0.15, 0.2) is 12.7 Å². The van der Waals surface area contributed by atoms with E-state index in [1.54, 1.807) is 6.08 Å². The lowest BCUT2D eigenvalue weighted by molar-refractivity contribution is -0.135. The second kappa shape index (κ2) is 18.5. The van der Waals surface area contributed by atoms with Crippen molar-refractivity contribution in [1.29, 1.82) is 0 Å². The van der Waals surface area contributed by atoms with Crippen LogP contribution in [0.3, 0.4) is 0 Å². The normalized spacial score (nSPS) is 10.7. The average Bonchev–Trinajstić information content (AvgIpc) is 2.64. The Morgan fingerprint density at radius 1 is 0.731 bits per heavy atom. The Morgan fingerprint density at radius 2 is 1.12 bits per heavy atom. The zero-order valence-electron chi connectivity index (χ0n) is 17.3. The molecule has 0 radical (unpaired) electrons. The Morgan fingerprint density at radius 3 is 1.50 bits per heavy atom. The second-order valence-corrected chi connectivity index (χ2v) is 7.19. The smallest absolute Gasteiger partial charge is 0.232 e. The molecule has 0 aliphatic carbocycles. The van der Waals surface area contributed by atoms with Crippen molar-refractivity contribution in [1.82, 2.24) is 10.6 Å². The third-order valence-corrected chi connectivity index (χ3v) is 4.69. The Labute approximate surface area is 161 Å². The van der Waals surface area contributed by atoms with E-state index < -0.39 is 5.92 Å². The fourth-order valence-corrected chi connectivity index (χ4v) is 2.98. The van der Waals surface area contributed by atoms with Gasteiger partial charge in [0.2, 0.25) is 11.8 Å². The SMILES string of the molecule is C=CCC(C(=O)NCCCCCCCC)C(=O)NCCCCCCCC. The van der Waals surface area contributed by atoms with E-state index in [9.17, 15) is 9.59 Å². The first-order chi connectivity index (χ1) is 12.7. The number of rotatable bonds is 18. The van der Waals surface area contributed by atoms with E-state index in [0.29, 0.717) is 19.5 Å². The summed E-state index contributed by atoms with van der Waals surface area (Å²) < 4.78 is 0. The average molecular weight is 367 g/mol. The fraction of sp³-hybridized carbons (Fsp3) is 0.818. The maximum atomic E-state index is 12.3. The summed E-state index contributed by atoms with van der Waals surface area (Å²) in [4.78, 5) is 24.6. The first-order valence-corrected chi connectivity index (χ1v) is 10.8. The molecule has 2 amide bonds. The van der Waals surface area contributed by atoms with Gasteiger partial charge in [-0.05, 0) is 19.3 Å². The molecule has 0 unspecified atom stereocenters. The highest BCUT2D eigenvalue weighted by Crippen LogP contribution is 2.08. The van der Waals surface area contributed by atoms with Crippen LogP contribution >= 0.6 is 0 Å². The topological polar surface area (TPSA) is 58.2 Å². The molecule has 0 aromatic rings. The summed E-state index contributed by atoms with van der Waals surface area (Å²) in [6.45, 7) is 9.41. The molecule has 0 aliphatic rings. The van der Waals surface area contributed by atoms with E-state index in [0.717, 1.165) is 25.7 Å². The Bertz CT molecular complexity index is 339. The molecule has 2 N–H and O–H groups in total. The molecule has 0 bridgehead atoms. The van der Waals surface area contributed by atoms with Crippen molar-refractivity contribution in [3.63, 3.8) is 0 Å². The summed E-state index contributed by atoms with van der Waals surface area (Å²) >= 11 is 0. The van der Waals surface area contributed by atoms with E-state index in [-0.39, 0.29) is 11.8 Å². The lowest BCUT2D eigenvalue weighted by Gasteiger charge is -2.15. The molecular formula is C22H42N2O2. The van der Waals surface area contributed by atoms with E-state index in [1.807, 2.05) is 0 Å². The number of hydrogen-bond acceptors (Lipinski definition) is 2. The summed E-state index contributed by atoms with van der Waals surface area (Å²) in [6.07, 6.45) is 16.3. The van der Waals surface area contributed by atoms with E-state index in [4.69, 9.17) is 0 Å². The van der Waals surface area contributed by atoms with E-state index >= 15 is 0 Å². The molecule has 4 heteroatoms. The Kier molecular flexibility index (Phi) is 17.5. The van der Waals surface area contributed by atoms with E-state index in [1.165, 1.54) is 51.4 Å². The van der Waals surface area contributed by atoms with Gasteiger partial charge >= 0.3 is 0 Å². The van der Waals surface area contributed by atoms with Crippen molar-refractivity contribution in [2.45, 2.75) is 97.3 Å². The number of nitrogens with one attached hydrogen (secondary N) is 2. The van der Waals surface area contributed by atoms with Gasteiger partial charge in [-0.25, -0.2) is 0 Å². The van der Waals surface area contributed by atoms with Gasteiger partial charge < -0.3 is 10.6 Å². The van der Waals surface area contributed by atoms with Gasteiger partial charge in [0.25, 0.3) is 0 Å². The van der Waals surface area contributed by atoms with Crippen molar-refractivity contribution >= 4 is 11.8 Å². The first kappa shape index (κ1) is 24.7. The van der Waals surface area contributed by atoms with Crippen molar-refractivity contribution < 1.29 is 9.59 Å². The number of allylic oxidation sites excluding steroid dienone is 1. The Hall–Kier alpha value is -1.32. The molecule has 0 atom stereocenters. The molecular weight excluding hydrogens is 324 g/mol. The largest absolute Gasteiger partial charge is 0.355 e. The first-order valence-electron chi connectivity index (χ1n) is 10.8. The minimum atomic E-state index is -0.646. The van der Waals surface area contributed by atoms with Gasteiger partial charge in [-0.1, -0.05) is 84.1 Å². The van der Waals surface area contributed by atoms with E-state index in [2.05, 4.69) is 31.1 Å². The highest BCUT2D eigenvalue weighted by atomic mass is 16.2. The molecule has 0 spiro atoms. The highest BCUT2D eigenvalue weighted by Gasteiger charge is 2.24. The van der Waals surface area contributed by atoms with Gasteiger partial charge in [0.1, 0.15) is 5.92 Å². The summed E-state index contributed by atoms with van der Waals surface area (Å²) in [5.74, 6) is -0.981. The quantitative estimate of drug-likeness (QED) is 0.201. The lowest BCUT2D eigenvalue weighted by Crippen LogP contribution is -2.41. The van der Waals surface area contributed by atoms with Crippen LogP contribution in [-0.2, 0) is 9.59 Å². The minimum absolute atomic E-state index is 0.168. The van der Waals surface area contributed by atoms with Crippen LogP contribution in [0.5, 0.6) is 0 Å². The fourth-order valence-electron chi connectivity index (χ4n) is 2.98. The number of hydrogen-bond donors (Lipinski definition) is 2. The van der Waals surface area contributed by atoms with Crippen LogP contribution in [-0.4, -0.2) is 24.9 Å². The standard InChI is InChI=1S/C22H42N2O2/c1-4-7-9-11-13-15-18-23-21(25)20(17-6-3)22(26)24-19-16-14-12-10-8-5-2/h6,20H,3-5,7-19H2,1-2H3,(H,23,25)(H,24,26). The molecule has 4 nitrogen and oxygen atoms in total. The zero-order chi connectivity index (χ0) is 19.5. The summed E-state index contributed by atoms with van der Waals surface area (Å²) in [5.41, 5.74) is 0. The summed E-state index contributed by atoms with van der Waals surface area (Å²) in [5, 5.41) is 5.83. The molecule has 0 heterocycles. The maximum absolute atomic E-state index is 12.3. The molecule has 26 heavy (non-hydrogen) atoms. The third-order valence-electron chi connectivity index (χ3n) is 4.69. The lowest BCUT2D eigenvalue weighted by atomic mass is 10.0. The second-order valence-electron chi connectivity index (χ2n) is 7.19. The van der Waals surface area contributed by atoms with Gasteiger partial charge in [-0.2, -0.15) is 0 Å². The molecule has 0 fully saturated rings. The van der Waals surface area contributed by atoms with Crippen LogP contribution in [0.1, 0.15) is 97.3 Å². The summed E-state index contributed by atoms with van der Waals surface area (Å²) in [6, 6.07) is 0. The van der Waals surface area contributed by atoms with Crippen LogP contribution in [0.4, 0.5) is 0 Å². The van der Waals surface area contributed by atoms with Crippen molar-refractivity contribution in [2.24, 2.45) is 5.92 Å². The molecule has 0 aromatic heterocycles. The Balaban J connectivity index is 3.94. The van der Waals surface area contributed by atoms with Gasteiger partial charge in [-0.3, -0.25) is 9.59 Å². The number of carbonyl (C=O) groups is 2. The molecule has 152 valence electrons. The predicted molar refractivity (Wildman–Crippen MR) is 111 cm³/mol. The monoisotopic (exact) mass is 366 g/mol. The molecule has 0 aromatic carbocycles. The van der Waals surface area contributed by atoms with Crippen LogP contribution in [0, 0.1) is 5.92 Å². The molecule has 0 rings (SSSR count). The third kappa shape index (κ3) is 13.9. The minimum Gasteiger partial charge on any atom is -0.355 e. The maximum Gasteiger partial charge on any atom is 0.232 e. The van der Waals surface area contributed by atoms with Gasteiger partial charge in [0.15, 0.2) is 0 Å². The number of unbranched alkanes of at least 4 members (excludes halogenated alkanes) is 10. The van der Waals surface area contributed by atoms with Crippen molar-refractivity contribution in [3.05, 3.63) is 12.7 Å². The van der Waals surface area contributed by atoms with Crippen LogP contribution in [0.2, 0.25) is 0 Å². The molecule has 0 aliphatic heterocycles. The summed E-state index contributed by atoms with van der Waals surface area (Å²) in [7, 11) is 0. The van der Waals surface area contributed by atoms with Crippen molar-refractivity contribution in [2.75, 3.05) is 13.1 Å². The number of carbonyl (C=O) groups excluding carboxylic acids is 2.